The Morgan fingerprint density at radius 3 is 2.00 bits per heavy atom. The molecular weight excluding hydrogens is 264 g/mol. The van der Waals surface area contributed by atoms with E-state index in [0.717, 1.165) is 0 Å². The van der Waals surface area contributed by atoms with E-state index in [4.69, 9.17) is 0 Å². The molecule has 0 spiro atoms. The molecular formula is C22H18. The van der Waals surface area contributed by atoms with Gasteiger partial charge in [0.05, 0.1) is 0 Å². The minimum absolute atomic E-state index is 1.28. The third-order valence-electron chi connectivity index (χ3n) is 4.35. The molecule has 0 aromatic heterocycles. The SMILES string of the molecule is Cc1ccc2c(c1)cc(-c1ccccc1)c1cc(C)ccc12. The van der Waals surface area contributed by atoms with Gasteiger partial charge in [0.1, 0.15) is 0 Å². The van der Waals surface area contributed by atoms with Crippen LogP contribution in [-0.2, 0) is 0 Å². The van der Waals surface area contributed by atoms with Gasteiger partial charge in [-0.05, 0) is 52.6 Å². The Kier molecular flexibility index (Phi) is 2.97. The van der Waals surface area contributed by atoms with E-state index in [9.17, 15) is 0 Å². The molecule has 0 bridgehead atoms. The van der Waals surface area contributed by atoms with Crippen LogP contribution in [0.3, 0.4) is 0 Å². The highest BCUT2D eigenvalue weighted by Crippen LogP contribution is 2.35. The van der Waals surface area contributed by atoms with Crippen molar-refractivity contribution < 1.29 is 0 Å². The Bertz CT molecular complexity index is 979. The largest absolute Gasteiger partial charge is 0.0622 e. The first-order valence-electron chi connectivity index (χ1n) is 7.71. The molecule has 0 unspecified atom stereocenters. The molecule has 106 valence electrons. The predicted molar refractivity (Wildman–Crippen MR) is 96.4 cm³/mol. The topological polar surface area (TPSA) is 0 Å². The van der Waals surface area contributed by atoms with Gasteiger partial charge in [0, 0.05) is 0 Å². The first-order valence-corrected chi connectivity index (χ1v) is 7.71. The van der Waals surface area contributed by atoms with Gasteiger partial charge in [-0.25, -0.2) is 0 Å². The van der Waals surface area contributed by atoms with Crippen molar-refractivity contribution in [3.8, 4) is 11.1 Å². The van der Waals surface area contributed by atoms with E-state index in [2.05, 4.69) is 86.6 Å². The van der Waals surface area contributed by atoms with Crippen molar-refractivity contribution in [3.63, 3.8) is 0 Å². The Morgan fingerprint density at radius 1 is 0.545 bits per heavy atom. The summed E-state index contributed by atoms with van der Waals surface area (Å²) in [7, 11) is 0. The van der Waals surface area contributed by atoms with Crippen LogP contribution in [-0.4, -0.2) is 0 Å². The predicted octanol–water partition coefficient (Wildman–Crippen LogP) is 6.28. The van der Waals surface area contributed by atoms with Crippen LogP contribution in [0.4, 0.5) is 0 Å². The molecule has 0 heteroatoms. The van der Waals surface area contributed by atoms with Crippen molar-refractivity contribution in [2.24, 2.45) is 0 Å². The monoisotopic (exact) mass is 282 g/mol. The summed E-state index contributed by atoms with van der Waals surface area (Å²) in [4.78, 5) is 0. The second kappa shape index (κ2) is 4.99. The van der Waals surface area contributed by atoms with Crippen molar-refractivity contribution >= 4 is 21.5 Å². The fourth-order valence-corrected chi connectivity index (χ4v) is 3.25. The van der Waals surface area contributed by atoms with Crippen LogP contribution in [0.25, 0.3) is 32.7 Å². The smallest absolute Gasteiger partial charge is 0.00963 e. The summed E-state index contributed by atoms with van der Waals surface area (Å²) in [6.07, 6.45) is 0. The summed E-state index contributed by atoms with van der Waals surface area (Å²) in [5.74, 6) is 0. The van der Waals surface area contributed by atoms with E-state index in [1.165, 1.54) is 43.8 Å². The zero-order chi connectivity index (χ0) is 15.1. The van der Waals surface area contributed by atoms with Crippen LogP contribution in [0.2, 0.25) is 0 Å². The van der Waals surface area contributed by atoms with Crippen LogP contribution in [0.5, 0.6) is 0 Å². The summed E-state index contributed by atoms with van der Waals surface area (Å²) in [5.41, 5.74) is 5.20. The number of aryl methyl sites for hydroxylation is 2. The first-order chi connectivity index (χ1) is 10.7. The lowest BCUT2D eigenvalue weighted by Crippen LogP contribution is -1.86. The number of hydrogen-bond donors (Lipinski definition) is 0. The van der Waals surface area contributed by atoms with E-state index < -0.39 is 0 Å². The average molecular weight is 282 g/mol. The highest BCUT2D eigenvalue weighted by molar-refractivity contribution is 6.14. The van der Waals surface area contributed by atoms with E-state index in [0.29, 0.717) is 0 Å². The first kappa shape index (κ1) is 13.1. The van der Waals surface area contributed by atoms with Crippen LogP contribution in [0.1, 0.15) is 11.1 Å². The molecule has 4 aromatic rings. The number of rotatable bonds is 1. The second-order valence-corrected chi connectivity index (χ2v) is 6.06. The molecule has 0 nitrogen and oxygen atoms in total. The molecule has 0 saturated heterocycles. The maximum absolute atomic E-state index is 2.33. The highest BCUT2D eigenvalue weighted by Gasteiger charge is 2.08. The zero-order valence-corrected chi connectivity index (χ0v) is 12.9. The standard InChI is InChI=1S/C22H18/c1-15-8-10-19-18(12-15)14-21(17-6-4-3-5-7-17)22-13-16(2)9-11-20(19)22/h3-14H,1-2H3. The fourth-order valence-electron chi connectivity index (χ4n) is 3.25. The molecule has 0 aliphatic rings. The van der Waals surface area contributed by atoms with E-state index in [-0.39, 0.29) is 0 Å². The molecule has 0 fully saturated rings. The maximum Gasteiger partial charge on any atom is -0.00963 e. The number of fused-ring (bicyclic) bond motifs is 3. The zero-order valence-electron chi connectivity index (χ0n) is 12.9. The summed E-state index contributed by atoms with van der Waals surface area (Å²) in [6, 6.07) is 26.5. The maximum atomic E-state index is 2.33. The summed E-state index contributed by atoms with van der Waals surface area (Å²) in [6.45, 7) is 4.31. The van der Waals surface area contributed by atoms with Crippen molar-refractivity contribution in [1.82, 2.24) is 0 Å². The minimum atomic E-state index is 1.28. The number of benzene rings is 4. The van der Waals surface area contributed by atoms with Gasteiger partial charge < -0.3 is 0 Å². The van der Waals surface area contributed by atoms with Crippen LogP contribution >= 0.6 is 0 Å². The minimum Gasteiger partial charge on any atom is -0.0622 e. The van der Waals surface area contributed by atoms with Gasteiger partial charge in [0.15, 0.2) is 0 Å². The quantitative estimate of drug-likeness (QED) is 0.360. The Hall–Kier alpha value is -2.60. The van der Waals surface area contributed by atoms with Crippen molar-refractivity contribution in [2.45, 2.75) is 13.8 Å². The summed E-state index contributed by atoms with van der Waals surface area (Å²) in [5, 5.41) is 5.32. The lowest BCUT2D eigenvalue weighted by Gasteiger charge is -2.12. The Labute approximate surface area is 131 Å². The van der Waals surface area contributed by atoms with Crippen LogP contribution in [0, 0.1) is 13.8 Å². The summed E-state index contributed by atoms with van der Waals surface area (Å²) >= 11 is 0. The Morgan fingerprint density at radius 2 is 1.23 bits per heavy atom. The van der Waals surface area contributed by atoms with E-state index in [1.54, 1.807) is 0 Å². The molecule has 0 amide bonds. The van der Waals surface area contributed by atoms with Crippen LogP contribution in [0.15, 0.2) is 72.8 Å². The van der Waals surface area contributed by atoms with Crippen molar-refractivity contribution in [3.05, 3.63) is 83.9 Å². The van der Waals surface area contributed by atoms with E-state index >= 15 is 0 Å². The van der Waals surface area contributed by atoms with E-state index in [1.807, 2.05) is 0 Å². The van der Waals surface area contributed by atoms with Gasteiger partial charge in [0.25, 0.3) is 0 Å². The number of hydrogen-bond acceptors (Lipinski definition) is 0. The third kappa shape index (κ3) is 2.08. The molecule has 0 radical (unpaired) electrons. The molecule has 0 heterocycles. The molecule has 22 heavy (non-hydrogen) atoms. The van der Waals surface area contributed by atoms with Crippen molar-refractivity contribution in [1.29, 1.82) is 0 Å². The van der Waals surface area contributed by atoms with Gasteiger partial charge in [-0.2, -0.15) is 0 Å². The van der Waals surface area contributed by atoms with Gasteiger partial charge in [0.2, 0.25) is 0 Å². The Balaban J connectivity index is 2.19. The lowest BCUT2D eigenvalue weighted by molar-refractivity contribution is 1.50. The average Bonchev–Trinajstić information content (AvgIpc) is 2.54. The normalized spacial score (nSPS) is 11.2. The second-order valence-electron chi connectivity index (χ2n) is 6.06. The highest BCUT2D eigenvalue weighted by atomic mass is 14.1. The fraction of sp³-hybridized carbons (Fsp3) is 0.0909. The van der Waals surface area contributed by atoms with Crippen molar-refractivity contribution in [2.75, 3.05) is 0 Å². The van der Waals surface area contributed by atoms with Gasteiger partial charge >= 0.3 is 0 Å². The third-order valence-corrected chi connectivity index (χ3v) is 4.35. The molecule has 0 aliphatic carbocycles. The molecule has 0 N–H and O–H groups in total. The van der Waals surface area contributed by atoms with Gasteiger partial charge in [-0.1, -0.05) is 77.9 Å². The van der Waals surface area contributed by atoms with Gasteiger partial charge in [-0.15, -0.1) is 0 Å². The van der Waals surface area contributed by atoms with Gasteiger partial charge in [-0.3, -0.25) is 0 Å². The summed E-state index contributed by atoms with van der Waals surface area (Å²) < 4.78 is 0. The molecule has 4 rings (SSSR count). The molecule has 0 atom stereocenters. The molecule has 4 aromatic carbocycles. The molecule has 0 saturated carbocycles. The lowest BCUT2D eigenvalue weighted by atomic mass is 9.92. The van der Waals surface area contributed by atoms with Crippen LogP contribution < -0.4 is 0 Å². The molecule has 0 aliphatic heterocycles.